The molecule has 0 saturated carbocycles. The first kappa shape index (κ1) is 18.0. The summed E-state index contributed by atoms with van der Waals surface area (Å²) in [5.74, 6) is -1.08. The van der Waals surface area contributed by atoms with E-state index in [1.54, 1.807) is 36.1 Å². The molecule has 1 aromatic carbocycles. The van der Waals surface area contributed by atoms with Gasteiger partial charge in [-0.25, -0.2) is 4.79 Å². The van der Waals surface area contributed by atoms with Crippen LogP contribution in [-0.4, -0.2) is 42.4 Å². The first-order valence-corrected chi connectivity index (χ1v) is 8.41. The minimum Gasteiger partial charge on any atom is -0.462 e. The van der Waals surface area contributed by atoms with Gasteiger partial charge in [0.2, 0.25) is 11.8 Å². The van der Waals surface area contributed by atoms with Gasteiger partial charge in [-0.1, -0.05) is 25.5 Å². The van der Waals surface area contributed by atoms with Crippen molar-refractivity contribution in [1.82, 2.24) is 4.90 Å². The fourth-order valence-electron chi connectivity index (χ4n) is 2.73. The SMILES string of the molecule is CCCCN1CC(C(=O)Nc2ccccc2C(=O)OCC)CC1=O. The third-order valence-electron chi connectivity index (χ3n) is 4.05. The third kappa shape index (κ3) is 4.34. The fraction of sp³-hybridized carbons (Fsp3) is 0.500. The molecule has 6 heteroatoms. The van der Waals surface area contributed by atoms with Crippen LogP contribution in [0.2, 0.25) is 0 Å². The van der Waals surface area contributed by atoms with Crippen molar-refractivity contribution in [1.29, 1.82) is 0 Å². The van der Waals surface area contributed by atoms with E-state index in [1.807, 2.05) is 0 Å². The van der Waals surface area contributed by atoms with E-state index in [0.717, 1.165) is 12.8 Å². The number of benzene rings is 1. The molecule has 2 rings (SSSR count). The largest absolute Gasteiger partial charge is 0.462 e. The molecule has 0 aromatic heterocycles. The van der Waals surface area contributed by atoms with Crippen LogP contribution in [0.1, 0.15) is 43.5 Å². The van der Waals surface area contributed by atoms with E-state index in [0.29, 0.717) is 24.3 Å². The molecule has 0 bridgehead atoms. The molecule has 1 fully saturated rings. The highest BCUT2D eigenvalue weighted by Gasteiger charge is 2.34. The quantitative estimate of drug-likeness (QED) is 0.778. The van der Waals surface area contributed by atoms with Gasteiger partial charge in [0.15, 0.2) is 0 Å². The predicted molar refractivity (Wildman–Crippen MR) is 90.6 cm³/mol. The number of unbranched alkanes of at least 4 members (excludes halogenated alkanes) is 1. The van der Waals surface area contributed by atoms with E-state index < -0.39 is 5.97 Å². The van der Waals surface area contributed by atoms with Crippen LogP contribution in [-0.2, 0) is 14.3 Å². The summed E-state index contributed by atoms with van der Waals surface area (Å²) in [6.07, 6.45) is 2.16. The smallest absolute Gasteiger partial charge is 0.340 e. The van der Waals surface area contributed by atoms with Gasteiger partial charge in [0.05, 0.1) is 23.8 Å². The Morgan fingerprint density at radius 3 is 2.75 bits per heavy atom. The van der Waals surface area contributed by atoms with Gasteiger partial charge in [0, 0.05) is 19.5 Å². The lowest BCUT2D eigenvalue weighted by molar-refractivity contribution is -0.128. The number of para-hydroxylation sites is 1. The molecule has 130 valence electrons. The lowest BCUT2D eigenvalue weighted by atomic mass is 10.1. The third-order valence-corrected chi connectivity index (χ3v) is 4.05. The van der Waals surface area contributed by atoms with Crippen LogP contribution in [0.15, 0.2) is 24.3 Å². The fourth-order valence-corrected chi connectivity index (χ4v) is 2.73. The summed E-state index contributed by atoms with van der Waals surface area (Å²) in [5, 5.41) is 2.77. The standard InChI is InChI=1S/C18H24N2O4/c1-3-5-10-20-12-13(11-16(20)21)17(22)19-15-9-7-6-8-14(15)18(23)24-4-2/h6-9,13H,3-5,10-12H2,1-2H3,(H,19,22). The van der Waals surface area contributed by atoms with Crippen molar-refractivity contribution in [2.24, 2.45) is 5.92 Å². The minimum absolute atomic E-state index is 0.0160. The molecule has 1 aliphatic rings. The van der Waals surface area contributed by atoms with Crippen molar-refractivity contribution in [2.75, 3.05) is 25.0 Å². The predicted octanol–water partition coefficient (Wildman–Crippen LogP) is 2.45. The number of carbonyl (C=O) groups is 3. The Balaban J connectivity index is 2.03. The number of anilines is 1. The summed E-state index contributed by atoms with van der Waals surface area (Å²) in [4.78, 5) is 38.1. The van der Waals surface area contributed by atoms with Gasteiger partial charge in [0.1, 0.15) is 0 Å². The Hall–Kier alpha value is -2.37. The molecule has 0 spiro atoms. The summed E-state index contributed by atoms with van der Waals surface area (Å²) >= 11 is 0. The number of nitrogens with one attached hydrogen (secondary N) is 1. The van der Waals surface area contributed by atoms with E-state index in [9.17, 15) is 14.4 Å². The van der Waals surface area contributed by atoms with E-state index in [1.165, 1.54) is 0 Å². The van der Waals surface area contributed by atoms with Gasteiger partial charge >= 0.3 is 5.97 Å². The van der Waals surface area contributed by atoms with Crippen LogP contribution < -0.4 is 5.32 Å². The van der Waals surface area contributed by atoms with Crippen molar-refractivity contribution in [3.05, 3.63) is 29.8 Å². The molecular formula is C18H24N2O4. The van der Waals surface area contributed by atoms with Crippen molar-refractivity contribution >= 4 is 23.5 Å². The second-order valence-corrected chi connectivity index (χ2v) is 5.85. The number of hydrogen-bond acceptors (Lipinski definition) is 4. The average Bonchev–Trinajstić information content (AvgIpc) is 2.94. The molecule has 1 unspecified atom stereocenters. The second-order valence-electron chi connectivity index (χ2n) is 5.85. The highest BCUT2D eigenvalue weighted by molar-refractivity contribution is 6.03. The Kier molecular flexibility index (Phi) is 6.35. The monoisotopic (exact) mass is 332 g/mol. The molecule has 1 saturated heterocycles. The number of hydrogen-bond donors (Lipinski definition) is 1. The number of nitrogens with zero attached hydrogens (tertiary/aromatic N) is 1. The van der Waals surface area contributed by atoms with E-state index >= 15 is 0 Å². The normalized spacial score (nSPS) is 17.0. The summed E-state index contributed by atoms with van der Waals surface area (Å²) in [6.45, 7) is 5.20. The Bertz CT molecular complexity index is 615. The number of ether oxygens (including phenoxy) is 1. The van der Waals surface area contributed by atoms with Crippen LogP contribution in [0.5, 0.6) is 0 Å². The van der Waals surface area contributed by atoms with Crippen molar-refractivity contribution in [2.45, 2.75) is 33.1 Å². The summed E-state index contributed by atoms with van der Waals surface area (Å²) in [6, 6.07) is 6.73. The van der Waals surface area contributed by atoms with Crippen LogP contribution in [0.25, 0.3) is 0 Å². The van der Waals surface area contributed by atoms with Crippen molar-refractivity contribution < 1.29 is 19.1 Å². The van der Waals surface area contributed by atoms with Gasteiger partial charge in [-0.15, -0.1) is 0 Å². The maximum absolute atomic E-state index is 12.5. The first-order chi connectivity index (χ1) is 11.6. The second kappa shape index (κ2) is 8.47. The number of esters is 1. The first-order valence-electron chi connectivity index (χ1n) is 8.41. The maximum atomic E-state index is 12.5. The highest BCUT2D eigenvalue weighted by Crippen LogP contribution is 2.22. The maximum Gasteiger partial charge on any atom is 0.340 e. The topological polar surface area (TPSA) is 75.7 Å². The molecule has 24 heavy (non-hydrogen) atoms. The molecule has 1 heterocycles. The van der Waals surface area contributed by atoms with Crippen LogP contribution in [0, 0.1) is 5.92 Å². The highest BCUT2D eigenvalue weighted by atomic mass is 16.5. The number of likely N-dealkylation sites (tertiary alicyclic amines) is 1. The molecule has 0 radical (unpaired) electrons. The van der Waals surface area contributed by atoms with Crippen LogP contribution >= 0.6 is 0 Å². The Morgan fingerprint density at radius 2 is 2.04 bits per heavy atom. The molecule has 1 atom stereocenters. The average molecular weight is 332 g/mol. The van der Waals surface area contributed by atoms with Gasteiger partial charge < -0.3 is 15.0 Å². The van der Waals surface area contributed by atoms with Gasteiger partial charge in [-0.3, -0.25) is 9.59 Å². The number of rotatable bonds is 7. The molecule has 0 aliphatic carbocycles. The van der Waals surface area contributed by atoms with Crippen molar-refractivity contribution in [3.8, 4) is 0 Å². The summed E-state index contributed by atoms with van der Waals surface area (Å²) < 4.78 is 5.00. The molecule has 1 aliphatic heterocycles. The van der Waals surface area contributed by atoms with Crippen LogP contribution in [0.3, 0.4) is 0 Å². The molecular weight excluding hydrogens is 308 g/mol. The molecule has 2 amide bonds. The zero-order valence-corrected chi connectivity index (χ0v) is 14.2. The van der Waals surface area contributed by atoms with E-state index in [2.05, 4.69) is 12.2 Å². The minimum atomic E-state index is -0.472. The molecule has 6 nitrogen and oxygen atoms in total. The van der Waals surface area contributed by atoms with Gasteiger partial charge in [-0.2, -0.15) is 0 Å². The van der Waals surface area contributed by atoms with Gasteiger partial charge in [-0.05, 0) is 25.5 Å². The lowest BCUT2D eigenvalue weighted by Crippen LogP contribution is -2.29. The van der Waals surface area contributed by atoms with Crippen LogP contribution in [0.4, 0.5) is 5.69 Å². The van der Waals surface area contributed by atoms with Gasteiger partial charge in [0.25, 0.3) is 0 Å². The molecule has 1 aromatic rings. The summed E-state index contributed by atoms with van der Waals surface area (Å²) in [7, 11) is 0. The Labute approximate surface area is 142 Å². The number of carbonyl (C=O) groups excluding carboxylic acids is 3. The Morgan fingerprint density at radius 1 is 1.29 bits per heavy atom. The van der Waals surface area contributed by atoms with E-state index in [4.69, 9.17) is 4.74 Å². The molecule has 1 N–H and O–H groups in total. The zero-order chi connectivity index (χ0) is 17.5. The lowest BCUT2D eigenvalue weighted by Gasteiger charge is -2.16. The number of amides is 2. The van der Waals surface area contributed by atoms with Crippen molar-refractivity contribution in [3.63, 3.8) is 0 Å². The zero-order valence-electron chi connectivity index (χ0n) is 14.2. The van der Waals surface area contributed by atoms with E-state index in [-0.39, 0.29) is 30.8 Å². The summed E-state index contributed by atoms with van der Waals surface area (Å²) in [5.41, 5.74) is 0.736.